The lowest BCUT2D eigenvalue weighted by Crippen LogP contribution is -2.21. The SMILES string of the molecule is CC1(Cc2ccc(S(N)(=O)=O)cc2)N=c2ccccc2=N1. The maximum absolute atomic E-state index is 11.2. The molecule has 0 spiro atoms. The molecule has 1 aliphatic heterocycles. The van der Waals surface area contributed by atoms with Gasteiger partial charge in [-0.2, -0.15) is 0 Å². The second-order valence-corrected chi connectivity index (χ2v) is 6.86. The van der Waals surface area contributed by atoms with Gasteiger partial charge in [-0.15, -0.1) is 0 Å². The molecule has 0 aromatic heterocycles. The summed E-state index contributed by atoms with van der Waals surface area (Å²) < 4.78 is 22.5. The normalized spacial score (nSPS) is 15.9. The van der Waals surface area contributed by atoms with Crippen molar-refractivity contribution in [3.8, 4) is 0 Å². The summed E-state index contributed by atoms with van der Waals surface area (Å²) in [7, 11) is -3.65. The first-order valence-electron chi connectivity index (χ1n) is 6.52. The Labute approximate surface area is 122 Å². The lowest BCUT2D eigenvalue weighted by atomic mass is 10.0. The van der Waals surface area contributed by atoms with Crippen molar-refractivity contribution in [2.45, 2.75) is 23.9 Å². The zero-order valence-electron chi connectivity index (χ0n) is 11.5. The maximum Gasteiger partial charge on any atom is 0.238 e. The van der Waals surface area contributed by atoms with E-state index in [1.165, 1.54) is 12.1 Å². The van der Waals surface area contributed by atoms with Gasteiger partial charge in [0, 0.05) is 6.42 Å². The Morgan fingerprint density at radius 2 is 1.52 bits per heavy atom. The highest BCUT2D eigenvalue weighted by Gasteiger charge is 2.25. The Morgan fingerprint density at radius 1 is 1.00 bits per heavy atom. The lowest BCUT2D eigenvalue weighted by molar-refractivity contribution is 0.490. The van der Waals surface area contributed by atoms with Gasteiger partial charge in [-0.3, -0.25) is 9.98 Å². The van der Waals surface area contributed by atoms with Gasteiger partial charge >= 0.3 is 0 Å². The van der Waals surface area contributed by atoms with E-state index in [2.05, 4.69) is 9.98 Å². The zero-order valence-corrected chi connectivity index (χ0v) is 12.3. The van der Waals surface area contributed by atoms with Crippen LogP contribution in [0.3, 0.4) is 0 Å². The van der Waals surface area contributed by atoms with E-state index in [-0.39, 0.29) is 4.90 Å². The van der Waals surface area contributed by atoms with Gasteiger partial charge in [0.05, 0.1) is 15.6 Å². The standard InChI is InChI=1S/C15H15N3O2S/c1-15(17-13-4-2-3-5-14(13)18-15)10-11-6-8-12(9-7-11)21(16,19)20/h2-9H,10H2,1H3,(H2,16,19,20). The summed E-state index contributed by atoms with van der Waals surface area (Å²) in [5, 5.41) is 6.87. The van der Waals surface area contributed by atoms with Crippen LogP contribution >= 0.6 is 0 Å². The van der Waals surface area contributed by atoms with E-state index in [1.807, 2.05) is 31.2 Å². The average Bonchev–Trinajstić information content (AvgIpc) is 2.73. The highest BCUT2D eigenvalue weighted by Crippen LogP contribution is 2.20. The quantitative estimate of drug-likeness (QED) is 0.897. The third-order valence-corrected chi connectivity index (χ3v) is 4.32. The smallest absolute Gasteiger partial charge is 0.238 e. The molecule has 5 nitrogen and oxygen atoms in total. The van der Waals surface area contributed by atoms with Crippen LogP contribution in [0.1, 0.15) is 12.5 Å². The van der Waals surface area contributed by atoms with Gasteiger partial charge in [-0.25, -0.2) is 13.6 Å². The van der Waals surface area contributed by atoms with Crippen LogP contribution in [-0.2, 0) is 16.4 Å². The molecule has 2 N–H and O–H groups in total. The van der Waals surface area contributed by atoms with Crippen molar-refractivity contribution in [3.05, 3.63) is 64.8 Å². The van der Waals surface area contributed by atoms with Gasteiger partial charge in [0.25, 0.3) is 0 Å². The van der Waals surface area contributed by atoms with Crippen LogP contribution < -0.4 is 15.9 Å². The first kappa shape index (κ1) is 13.9. The minimum absolute atomic E-state index is 0.111. The third-order valence-electron chi connectivity index (χ3n) is 3.40. The molecular formula is C15H15N3O2S. The van der Waals surface area contributed by atoms with E-state index in [4.69, 9.17) is 5.14 Å². The fourth-order valence-corrected chi connectivity index (χ4v) is 2.98. The summed E-state index contributed by atoms with van der Waals surface area (Å²) in [6.07, 6.45) is 0.604. The molecule has 0 fully saturated rings. The average molecular weight is 301 g/mol. The molecule has 1 heterocycles. The number of hydrogen-bond donors (Lipinski definition) is 1. The Balaban J connectivity index is 1.90. The van der Waals surface area contributed by atoms with Crippen molar-refractivity contribution in [2.75, 3.05) is 0 Å². The Morgan fingerprint density at radius 3 is 2.00 bits per heavy atom. The molecule has 21 heavy (non-hydrogen) atoms. The van der Waals surface area contributed by atoms with E-state index in [1.54, 1.807) is 12.1 Å². The minimum Gasteiger partial charge on any atom is -0.253 e. The second-order valence-electron chi connectivity index (χ2n) is 5.30. The molecule has 0 amide bonds. The largest absolute Gasteiger partial charge is 0.253 e. The number of para-hydroxylation sites is 2. The highest BCUT2D eigenvalue weighted by atomic mass is 32.2. The van der Waals surface area contributed by atoms with Crippen LogP contribution in [0.2, 0.25) is 0 Å². The third kappa shape index (κ3) is 2.86. The summed E-state index contributed by atoms with van der Waals surface area (Å²) >= 11 is 0. The van der Waals surface area contributed by atoms with E-state index in [0.717, 1.165) is 16.3 Å². The molecular weight excluding hydrogens is 286 g/mol. The van der Waals surface area contributed by atoms with Crippen molar-refractivity contribution in [2.24, 2.45) is 15.1 Å². The van der Waals surface area contributed by atoms with Gasteiger partial charge in [0.2, 0.25) is 10.0 Å². The van der Waals surface area contributed by atoms with Crippen molar-refractivity contribution in [1.29, 1.82) is 0 Å². The van der Waals surface area contributed by atoms with Gasteiger partial charge < -0.3 is 0 Å². The van der Waals surface area contributed by atoms with Gasteiger partial charge in [-0.05, 0) is 36.8 Å². The van der Waals surface area contributed by atoms with Crippen molar-refractivity contribution >= 4 is 10.0 Å². The monoisotopic (exact) mass is 301 g/mol. The van der Waals surface area contributed by atoms with E-state index >= 15 is 0 Å². The molecule has 0 unspecified atom stereocenters. The van der Waals surface area contributed by atoms with Crippen LogP contribution in [-0.4, -0.2) is 14.1 Å². The number of nitrogens with two attached hydrogens (primary N) is 1. The number of nitrogens with zero attached hydrogens (tertiary/aromatic N) is 2. The Bertz CT molecular complexity index is 868. The van der Waals surface area contributed by atoms with Gasteiger partial charge in [-0.1, -0.05) is 24.3 Å². The van der Waals surface area contributed by atoms with E-state index in [0.29, 0.717) is 6.42 Å². The second kappa shape index (κ2) is 4.75. The van der Waals surface area contributed by atoms with Gasteiger partial charge in [0.1, 0.15) is 0 Å². The van der Waals surface area contributed by atoms with E-state index in [9.17, 15) is 8.42 Å². The first-order chi connectivity index (χ1) is 9.86. The maximum atomic E-state index is 11.2. The molecule has 0 saturated heterocycles. The molecule has 0 aliphatic carbocycles. The number of rotatable bonds is 3. The molecule has 2 aromatic carbocycles. The predicted octanol–water partition coefficient (Wildman–Crippen LogP) is 0.546. The molecule has 0 atom stereocenters. The summed E-state index contributed by atoms with van der Waals surface area (Å²) in [5.41, 5.74) is 0.414. The summed E-state index contributed by atoms with van der Waals surface area (Å²) in [6, 6.07) is 14.3. The molecule has 3 rings (SSSR count). The van der Waals surface area contributed by atoms with Crippen LogP contribution in [0.5, 0.6) is 0 Å². The molecule has 6 heteroatoms. The van der Waals surface area contributed by atoms with Crippen molar-refractivity contribution in [3.63, 3.8) is 0 Å². The predicted molar refractivity (Wildman–Crippen MR) is 78.7 cm³/mol. The fraction of sp³-hybridized carbons (Fsp3) is 0.200. The van der Waals surface area contributed by atoms with Crippen LogP contribution in [0.15, 0.2) is 63.4 Å². The molecule has 2 aromatic rings. The molecule has 0 radical (unpaired) electrons. The van der Waals surface area contributed by atoms with Crippen molar-refractivity contribution in [1.82, 2.24) is 0 Å². The number of fused-ring (bicyclic) bond motifs is 1. The molecule has 0 bridgehead atoms. The summed E-state index contributed by atoms with van der Waals surface area (Å²) in [6.45, 7) is 1.96. The molecule has 0 saturated carbocycles. The van der Waals surface area contributed by atoms with Crippen LogP contribution in [0, 0.1) is 0 Å². The summed E-state index contributed by atoms with van der Waals surface area (Å²) in [4.78, 5) is 9.39. The fourth-order valence-electron chi connectivity index (χ4n) is 2.46. The topological polar surface area (TPSA) is 84.9 Å². The molecule has 1 aliphatic rings. The number of hydrogen-bond acceptors (Lipinski definition) is 4. The Kier molecular flexibility index (Phi) is 3.15. The van der Waals surface area contributed by atoms with Crippen molar-refractivity contribution < 1.29 is 8.42 Å². The zero-order chi connectivity index (χ0) is 15.1. The van der Waals surface area contributed by atoms with E-state index < -0.39 is 15.7 Å². The summed E-state index contributed by atoms with van der Waals surface area (Å²) in [5.74, 6) is 0. The number of sulfonamides is 1. The van der Waals surface area contributed by atoms with Gasteiger partial charge in [0.15, 0.2) is 5.66 Å². The number of benzene rings is 2. The Hall–Kier alpha value is -2.05. The first-order valence-corrected chi connectivity index (χ1v) is 8.07. The van der Waals surface area contributed by atoms with Crippen LogP contribution in [0.4, 0.5) is 0 Å². The van der Waals surface area contributed by atoms with Crippen LogP contribution in [0.25, 0.3) is 0 Å². The lowest BCUT2D eigenvalue weighted by Gasteiger charge is -2.17. The number of primary sulfonamides is 1. The molecule has 108 valence electrons. The highest BCUT2D eigenvalue weighted by molar-refractivity contribution is 7.89. The minimum atomic E-state index is -3.65.